The van der Waals surface area contributed by atoms with Crippen LogP contribution in [-0.4, -0.2) is 19.1 Å². The second kappa shape index (κ2) is 8.00. The van der Waals surface area contributed by atoms with Crippen LogP contribution < -0.4 is 5.32 Å². The van der Waals surface area contributed by atoms with Gasteiger partial charge in [-0.1, -0.05) is 31.9 Å². The first-order chi connectivity index (χ1) is 9.49. The van der Waals surface area contributed by atoms with Crippen LogP contribution in [0.25, 0.3) is 0 Å². The van der Waals surface area contributed by atoms with E-state index in [9.17, 15) is 9.18 Å². The van der Waals surface area contributed by atoms with Crippen molar-refractivity contribution in [2.45, 2.75) is 52.1 Å². The molecule has 0 aliphatic heterocycles. The maximum absolute atomic E-state index is 13.6. The predicted molar refractivity (Wildman–Crippen MR) is 78.0 cm³/mol. The molecule has 0 radical (unpaired) electrons. The van der Waals surface area contributed by atoms with E-state index in [4.69, 9.17) is 4.74 Å². The summed E-state index contributed by atoms with van der Waals surface area (Å²) < 4.78 is 18.4. The number of hydrogen-bond donors (Lipinski definition) is 1. The zero-order chi connectivity index (χ0) is 15.1. The Balaban J connectivity index is 2.75. The van der Waals surface area contributed by atoms with E-state index >= 15 is 0 Å². The summed E-state index contributed by atoms with van der Waals surface area (Å²) in [7, 11) is 1.39. The second-order valence-corrected chi connectivity index (χ2v) is 5.11. The number of hydrogen-bond acceptors (Lipinski definition) is 3. The molecule has 0 aliphatic rings. The first kappa shape index (κ1) is 16.6. The highest BCUT2D eigenvalue weighted by molar-refractivity contribution is 5.75. The van der Waals surface area contributed by atoms with Crippen molar-refractivity contribution in [1.29, 1.82) is 0 Å². The van der Waals surface area contributed by atoms with Gasteiger partial charge in [0.05, 0.1) is 7.11 Å². The van der Waals surface area contributed by atoms with Crippen molar-refractivity contribution >= 4 is 5.97 Å². The van der Waals surface area contributed by atoms with Crippen molar-refractivity contribution in [3.63, 3.8) is 0 Å². The molecule has 0 amide bonds. The highest BCUT2D eigenvalue weighted by Crippen LogP contribution is 2.18. The van der Waals surface area contributed by atoms with Crippen molar-refractivity contribution in [2.75, 3.05) is 7.11 Å². The molecule has 0 fully saturated rings. The van der Waals surface area contributed by atoms with Gasteiger partial charge in [0.1, 0.15) is 11.9 Å². The molecular weight excluding hydrogens is 257 g/mol. The van der Waals surface area contributed by atoms with Gasteiger partial charge >= 0.3 is 5.97 Å². The molecule has 20 heavy (non-hydrogen) atoms. The molecule has 0 spiro atoms. The van der Waals surface area contributed by atoms with Crippen LogP contribution in [0.2, 0.25) is 0 Å². The molecule has 0 heterocycles. The summed E-state index contributed by atoms with van der Waals surface area (Å²) in [5, 5.41) is 3.22. The number of carbonyl (C=O) groups excluding carboxylic acids is 1. The Morgan fingerprint density at radius 1 is 1.45 bits per heavy atom. The number of carbonyl (C=O) groups is 1. The lowest BCUT2D eigenvalue weighted by atomic mass is 10.0. The van der Waals surface area contributed by atoms with Gasteiger partial charge in [-0.2, -0.15) is 0 Å². The van der Waals surface area contributed by atoms with Gasteiger partial charge in [0.15, 0.2) is 0 Å². The zero-order valence-corrected chi connectivity index (χ0v) is 12.7. The minimum absolute atomic E-state index is 0.106. The van der Waals surface area contributed by atoms with E-state index in [2.05, 4.69) is 12.2 Å². The van der Waals surface area contributed by atoms with E-state index in [0.717, 1.165) is 24.8 Å². The molecule has 0 saturated carbocycles. The van der Waals surface area contributed by atoms with Gasteiger partial charge in [0.2, 0.25) is 0 Å². The number of methoxy groups -OCH3 is 1. The zero-order valence-electron chi connectivity index (χ0n) is 12.7. The van der Waals surface area contributed by atoms with Crippen molar-refractivity contribution in [1.82, 2.24) is 5.32 Å². The Labute approximate surface area is 120 Å². The summed E-state index contributed by atoms with van der Waals surface area (Å²) in [6, 6.07) is 4.69. The van der Waals surface area contributed by atoms with Crippen LogP contribution in [0.1, 0.15) is 50.3 Å². The topological polar surface area (TPSA) is 38.3 Å². The number of unbranched alkanes of at least 4 members (excludes halogenated alkanes) is 1. The molecule has 0 aromatic heterocycles. The Bertz CT molecular complexity index is 448. The summed E-state index contributed by atoms with van der Waals surface area (Å²) in [4.78, 5) is 11.7. The number of ether oxygens (including phenoxy) is 1. The number of rotatable bonds is 7. The normalized spacial score (nSPS) is 13.8. The van der Waals surface area contributed by atoms with Gasteiger partial charge in [0.25, 0.3) is 0 Å². The Kier molecular flexibility index (Phi) is 6.65. The van der Waals surface area contributed by atoms with Gasteiger partial charge in [-0.3, -0.25) is 10.1 Å². The third kappa shape index (κ3) is 4.60. The van der Waals surface area contributed by atoms with Gasteiger partial charge < -0.3 is 4.74 Å². The molecular formula is C16H24FNO2. The van der Waals surface area contributed by atoms with Crippen molar-refractivity contribution in [3.8, 4) is 0 Å². The van der Waals surface area contributed by atoms with E-state index in [1.54, 1.807) is 13.0 Å². The number of nitrogens with one attached hydrogen (secondary N) is 1. The van der Waals surface area contributed by atoms with Crippen molar-refractivity contribution < 1.29 is 13.9 Å². The molecule has 0 bridgehead atoms. The lowest BCUT2D eigenvalue weighted by Gasteiger charge is -2.22. The molecule has 2 unspecified atom stereocenters. The maximum atomic E-state index is 13.6. The van der Waals surface area contributed by atoms with E-state index in [1.807, 2.05) is 13.0 Å². The van der Waals surface area contributed by atoms with Crippen LogP contribution in [0.4, 0.5) is 4.39 Å². The van der Waals surface area contributed by atoms with Crippen LogP contribution in [0.3, 0.4) is 0 Å². The molecule has 1 rings (SSSR count). The first-order valence-electron chi connectivity index (χ1n) is 7.09. The van der Waals surface area contributed by atoms with Crippen LogP contribution in [0, 0.1) is 12.7 Å². The SMILES string of the molecule is CCCCC(NC(C)c1ccc(C)c(F)c1)C(=O)OC. The van der Waals surface area contributed by atoms with Gasteiger partial charge in [-0.25, -0.2) is 4.39 Å². The highest BCUT2D eigenvalue weighted by atomic mass is 19.1. The fraction of sp³-hybridized carbons (Fsp3) is 0.562. The number of esters is 1. The molecule has 4 heteroatoms. The Hall–Kier alpha value is -1.42. The summed E-state index contributed by atoms with van der Waals surface area (Å²) in [6.45, 7) is 5.73. The fourth-order valence-electron chi connectivity index (χ4n) is 2.10. The third-order valence-electron chi connectivity index (χ3n) is 3.48. The van der Waals surface area contributed by atoms with Crippen LogP contribution in [-0.2, 0) is 9.53 Å². The van der Waals surface area contributed by atoms with Gasteiger partial charge in [0, 0.05) is 6.04 Å². The lowest BCUT2D eigenvalue weighted by Crippen LogP contribution is -2.39. The molecule has 1 aromatic carbocycles. The number of halogens is 1. The maximum Gasteiger partial charge on any atom is 0.322 e. The first-order valence-corrected chi connectivity index (χ1v) is 7.09. The minimum atomic E-state index is -0.348. The van der Waals surface area contributed by atoms with Gasteiger partial charge in [-0.05, 0) is 37.5 Å². The molecule has 112 valence electrons. The third-order valence-corrected chi connectivity index (χ3v) is 3.48. The molecule has 1 N–H and O–H groups in total. The second-order valence-electron chi connectivity index (χ2n) is 5.11. The molecule has 2 atom stereocenters. The summed E-state index contributed by atoms with van der Waals surface area (Å²) in [5.74, 6) is -0.489. The average molecular weight is 281 g/mol. The van der Waals surface area contributed by atoms with E-state index in [-0.39, 0.29) is 23.9 Å². The molecule has 0 aliphatic carbocycles. The van der Waals surface area contributed by atoms with Crippen LogP contribution in [0.15, 0.2) is 18.2 Å². The summed E-state index contributed by atoms with van der Waals surface area (Å²) in [5.41, 5.74) is 1.45. The minimum Gasteiger partial charge on any atom is -0.468 e. The van der Waals surface area contributed by atoms with Crippen LogP contribution in [0.5, 0.6) is 0 Å². The highest BCUT2D eigenvalue weighted by Gasteiger charge is 2.21. The predicted octanol–water partition coefficient (Wildman–Crippen LogP) is 3.52. The Morgan fingerprint density at radius 3 is 2.70 bits per heavy atom. The summed E-state index contributed by atoms with van der Waals surface area (Å²) in [6.07, 6.45) is 2.69. The van der Waals surface area contributed by atoms with Gasteiger partial charge in [-0.15, -0.1) is 0 Å². The fourth-order valence-corrected chi connectivity index (χ4v) is 2.10. The van der Waals surface area contributed by atoms with E-state index in [0.29, 0.717) is 5.56 Å². The number of aryl methyl sites for hydroxylation is 1. The molecule has 3 nitrogen and oxygen atoms in total. The van der Waals surface area contributed by atoms with E-state index < -0.39 is 0 Å². The van der Waals surface area contributed by atoms with Crippen molar-refractivity contribution in [2.24, 2.45) is 0 Å². The van der Waals surface area contributed by atoms with Crippen molar-refractivity contribution in [3.05, 3.63) is 35.1 Å². The summed E-state index contributed by atoms with van der Waals surface area (Å²) >= 11 is 0. The quantitative estimate of drug-likeness (QED) is 0.777. The lowest BCUT2D eigenvalue weighted by molar-refractivity contribution is -0.143. The average Bonchev–Trinajstić information content (AvgIpc) is 2.45. The van der Waals surface area contributed by atoms with E-state index in [1.165, 1.54) is 13.2 Å². The number of benzene rings is 1. The Morgan fingerprint density at radius 2 is 2.15 bits per heavy atom. The smallest absolute Gasteiger partial charge is 0.322 e. The monoisotopic (exact) mass is 281 g/mol. The van der Waals surface area contributed by atoms with Crippen LogP contribution >= 0.6 is 0 Å². The molecule has 0 saturated heterocycles. The molecule has 1 aromatic rings. The largest absolute Gasteiger partial charge is 0.468 e. The standard InChI is InChI=1S/C16H24FNO2/c1-5-6-7-15(16(19)20-4)18-12(3)13-9-8-11(2)14(17)10-13/h8-10,12,15,18H,5-7H2,1-4H3.